The Morgan fingerprint density at radius 2 is 2.08 bits per heavy atom. The van der Waals surface area contributed by atoms with Gasteiger partial charge in [0.15, 0.2) is 0 Å². The summed E-state index contributed by atoms with van der Waals surface area (Å²) in [6, 6.07) is 8.98. The van der Waals surface area contributed by atoms with Crippen LogP contribution in [-0.4, -0.2) is 57.8 Å². The maximum Gasteiger partial charge on any atom is 0.257 e. The molecule has 0 saturated carbocycles. The van der Waals surface area contributed by atoms with Crippen LogP contribution in [0.4, 0.5) is 0 Å². The number of nitrogens with one attached hydrogen (secondary N) is 1. The standard InChI is InChI=1S/C26H28ClN5O4S/c1-31(16-23(33)22-13-28-7-8-29-22)14-19-11-20-24(34)21(15-32(9-10-36-2)26(20)37-19)25(35)30-12-17-3-5-18(27)6-4-17/h3-8,11,13,15,23,33H,9-10,12,14,16H2,1-2H3,(H,30,35). The van der Waals surface area contributed by atoms with E-state index < -0.39 is 12.0 Å². The summed E-state index contributed by atoms with van der Waals surface area (Å²) in [5.41, 5.74) is 1.14. The van der Waals surface area contributed by atoms with E-state index in [-0.39, 0.29) is 17.5 Å². The first-order valence-electron chi connectivity index (χ1n) is 11.7. The third kappa shape index (κ3) is 6.79. The van der Waals surface area contributed by atoms with E-state index >= 15 is 0 Å². The van der Waals surface area contributed by atoms with Crippen molar-refractivity contribution in [3.8, 4) is 0 Å². The van der Waals surface area contributed by atoms with Crippen molar-refractivity contribution >= 4 is 39.1 Å². The minimum atomic E-state index is -0.786. The number of carbonyl (C=O) groups is 1. The molecule has 1 unspecified atom stereocenters. The number of fused-ring (bicyclic) bond motifs is 1. The lowest BCUT2D eigenvalue weighted by molar-refractivity contribution is 0.0949. The number of hydrogen-bond donors (Lipinski definition) is 2. The van der Waals surface area contributed by atoms with Gasteiger partial charge in [-0.05, 0) is 30.8 Å². The fourth-order valence-electron chi connectivity index (χ4n) is 3.90. The molecule has 3 heterocycles. The van der Waals surface area contributed by atoms with Crippen LogP contribution in [-0.2, 0) is 24.4 Å². The molecule has 4 rings (SSSR count). The molecule has 9 nitrogen and oxygen atoms in total. The molecular weight excluding hydrogens is 514 g/mol. The van der Waals surface area contributed by atoms with E-state index in [1.165, 1.54) is 11.3 Å². The van der Waals surface area contributed by atoms with Crippen LogP contribution in [0.15, 0.2) is 59.9 Å². The summed E-state index contributed by atoms with van der Waals surface area (Å²) >= 11 is 7.41. The summed E-state index contributed by atoms with van der Waals surface area (Å²) in [4.78, 5) is 38.1. The zero-order valence-electron chi connectivity index (χ0n) is 20.6. The maximum absolute atomic E-state index is 13.3. The summed E-state index contributed by atoms with van der Waals surface area (Å²) in [5, 5.41) is 14.4. The zero-order valence-corrected chi connectivity index (χ0v) is 22.1. The van der Waals surface area contributed by atoms with Crippen molar-refractivity contribution in [1.82, 2.24) is 24.8 Å². The van der Waals surface area contributed by atoms with Crippen molar-refractivity contribution in [1.29, 1.82) is 0 Å². The van der Waals surface area contributed by atoms with Crippen molar-refractivity contribution < 1.29 is 14.6 Å². The summed E-state index contributed by atoms with van der Waals surface area (Å²) in [6.45, 7) is 2.06. The molecular formula is C26H28ClN5O4S. The Kier molecular flexibility index (Phi) is 9.01. The molecule has 0 aliphatic heterocycles. The number of thiophene rings is 1. The average Bonchev–Trinajstić information content (AvgIpc) is 3.32. The number of carbonyl (C=O) groups excluding carboxylic acids is 1. The quantitative estimate of drug-likeness (QED) is 0.300. The smallest absolute Gasteiger partial charge is 0.257 e. The Morgan fingerprint density at radius 1 is 1.30 bits per heavy atom. The van der Waals surface area contributed by atoms with E-state index in [0.29, 0.717) is 42.3 Å². The third-order valence-corrected chi connectivity index (χ3v) is 7.19. The third-order valence-electron chi connectivity index (χ3n) is 5.78. The van der Waals surface area contributed by atoms with Gasteiger partial charge in [0.05, 0.1) is 23.9 Å². The summed E-state index contributed by atoms with van der Waals surface area (Å²) in [7, 11) is 3.49. The van der Waals surface area contributed by atoms with Gasteiger partial charge in [0.2, 0.25) is 5.43 Å². The van der Waals surface area contributed by atoms with E-state index in [1.54, 1.807) is 44.0 Å². The maximum atomic E-state index is 13.3. The van der Waals surface area contributed by atoms with Crippen molar-refractivity contribution in [2.75, 3.05) is 27.3 Å². The first-order valence-corrected chi connectivity index (χ1v) is 12.8. The lowest BCUT2D eigenvalue weighted by Gasteiger charge is -2.19. The minimum absolute atomic E-state index is 0.0772. The van der Waals surface area contributed by atoms with Gasteiger partial charge < -0.3 is 19.7 Å². The van der Waals surface area contributed by atoms with E-state index in [2.05, 4.69) is 15.3 Å². The number of aromatic nitrogens is 3. The van der Waals surface area contributed by atoms with E-state index in [4.69, 9.17) is 16.3 Å². The van der Waals surface area contributed by atoms with Crippen LogP contribution in [0.5, 0.6) is 0 Å². The number of methoxy groups -OCH3 is 1. The number of aliphatic hydroxyl groups is 1. The predicted molar refractivity (Wildman–Crippen MR) is 144 cm³/mol. The van der Waals surface area contributed by atoms with Gasteiger partial charge in [0.1, 0.15) is 16.5 Å². The Morgan fingerprint density at radius 3 is 2.78 bits per heavy atom. The van der Waals surface area contributed by atoms with E-state index in [1.807, 2.05) is 34.7 Å². The predicted octanol–water partition coefficient (Wildman–Crippen LogP) is 3.25. The molecule has 1 amide bonds. The number of benzene rings is 1. The molecule has 0 radical (unpaired) electrons. The van der Waals surface area contributed by atoms with Crippen LogP contribution in [0, 0.1) is 0 Å². The van der Waals surface area contributed by atoms with Gasteiger partial charge in [-0.1, -0.05) is 23.7 Å². The molecule has 0 aliphatic rings. The van der Waals surface area contributed by atoms with Crippen molar-refractivity contribution in [3.63, 3.8) is 0 Å². The number of nitrogens with zero attached hydrogens (tertiary/aromatic N) is 4. The number of rotatable bonds is 11. The first-order chi connectivity index (χ1) is 17.9. The van der Waals surface area contributed by atoms with E-state index in [0.717, 1.165) is 15.3 Å². The molecule has 0 bridgehead atoms. The second-order valence-electron chi connectivity index (χ2n) is 8.64. The monoisotopic (exact) mass is 541 g/mol. The van der Waals surface area contributed by atoms with Gasteiger partial charge in [-0.3, -0.25) is 24.5 Å². The SMILES string of the molecule is COCCn1cc(C(=O)NCc2ccc(Cl)cc2)c(=O)c2cc(CN(C)CC(O)c3cnccn3)sc21. The Bertz CT molecular complexity index is 1410. The number of ether oxygens (including phenoxy) is 1. The second-order valence-corrected chi connectivity index (χ2v) is 10.2. The van der Waals surface area contributed by atoms with Gasteiger partial charge in [-0.25, -0.2) is 0 Å². The molecule has 0 aliphatic carbocycles. The highest BCUT2D eigenvalue weighted by atomic mass is 35.5. The fraction of sp³-hybridized carbons (Fsp3) is 0.308. The molecule has 0 fully saturated rings. The molecule has 3 aromatic heterocycles. The van der Waals surface area contributed by atoms with Crippen LogP contribution in [0.3, 0.4) is 0 Å². The summed E-state index contributed by atoms with van der Waals surface area (Å²) in [5.74, 6) is -0.440. The number of hydrogen-bond acceptors (Lipinski definition) is 8. The van der Waals surface area contributed by atoms with Gasteiger partial charge >= 0.3 is 0 Å². The molecule has 37 heavy (non-hydrogen) atoms. The summed E-state index contributed by atoms with van der Waals surface area (Å²) < 4.78 is 7.13. The molecule has 194 valence electrons. The van der Waals surface area contributed by atoms with Crippen LogP contribution in [0.2, 0.25) is 5.02 Å². The number of amides is 1. The zero-order chi connectivity index (χ0) is 26.4. The highest BCUT2D eigenvalue weighted by molar-refractivity contribution is 7.18. The highest BCUT2D eigenvalue weighted by Gasteiger charge is 2.19. The molecule has 4 aromatic rings. The molecule has 11 heteroatoms. The Balaban J connectivity index is 1.55. The van der Waals surface area contributed by atoms with Gasteiger partial charge in [0, 0.05) is 61.8 Å². The normalized spacial score (nSPS) is 12.2. The molecule has 1 aromatic carbocycles. The fourth-order valence-corrected chi connectivity index (χ4v) is 5.26. The van der Waals surface area contributed by atoms with Crippen LogP contribution in [0.25, 0.3) is 10.2 Å². The van der Waals surface area contributed by atoms with Crippen LogP contribution < -0.4 is 10.7 Å². The van der Waals surface area contributed by atoms with Gasteiger partial charge in [-0.2, -0.15) is 0 Å². The first kappa shape index (κ1) is 26.9. The lowest BCUT2D eigenvalue weighted by atomic mass is 10.1. The van der Waals surface area contributed by atoms with Gasteiger partial charge in [0.25, 0.3) is 5.91 Å². The molecule has 0 saturated heterocycles. The lowest BCUT2D eigenvalue weighted by Crippen LogP contribution is -2.29. The minimum Gasteiger partial charge on any atom is -0.385 e. The average molecular weight is 542 g/mol. The number of likely N-dealkylation sites (N-methyl/N-ethyl adjacent to an activating group) is 1. The molecule has 2 N–H and O–H groups in total. The van der Waals surface area contributed by atoms with Crippen molar-refractivity contribution in [2.45, 2.75) is 25.7 Å². The Hall–Kier alpha value is -3.15. The highest BCUT2D eigenvalue weighted by Crippen LogP contribution is 2.26. The summed E-state index contributed by atoms with van der Waals surface area (Å²) in [6.07, 6.45) is 5.46. The second kappa shape index (κ2) is 12.4. The van der Waals surface area contributed by atoms with Gasteiger partial charge in [-0.15, -0.1) is 11.3 Å². The molecule has 1 atom stereocenters. The topological polar surface area (TPSA) is 110 Å². The largest absolute Gasteiger partial charge is 0.385 e. The van der Waals surface area contributed by atoms with Crippen LogP contribution in [0.1, 0.15) is 32.6 Å². The van der Waals surface area contributed by atoms with Crippen molar-refractivity contribution in [2.24, 2.45) is 0 Å². The Labute approximate surface area is 223 Å². The van der Waals surface area contributed by atoms with Crippen LogP contribution >= 0.6 is 22.9 Å². The van der Waals surface area contributed by atoms with E-state index in [9.17, 15) is 14.7 Å². The number of halogens is 1. The number of pyridine rings is 1. The number of aliphatic hydroxyl groups excluding tert-OH is 1. The molecule has 0 spiro atoms. The van der Waals surface area contributed by atoms with Crippen molar-refractivity contribution in [3.05, 3.63) is 92.1 Å².